The van der Waals surface area contributed by atoms with Crippen molar-refractivity contribution in [1.29, 1.82) is 0 Å². The fourth-order valence-electron chi connectivity index (χ4n) is 3.30. The van der Waals surface area contributed by atoms with Crippen molar-refractivity contribution in [3.8, 4) is 0 Å². The van der Waals surface area contributed by atoms with E-state index in [1.807, 2.05) is 42.5 Å². The van der Waals surface area contributed by atoms with Gasteiger partial charge in [0.25, 0.3) is 0 Å². The van der Waals surface area contributed by atoms with Crippen LogP contribution in [0, 0.1) is 6.92 Å². The lowest BCUT2D eigenvalue weighted by Crippen LogP contribution is -2.27. The van der Waals surface area contributed by atoms with Crippen molar-refractivity contribution in [3.63, 3.8) is 0 Å². The highest BCUT2D eigenvalue weighted by Crippen LogP contribution is 2.29. The molecule has 0 atom stereocenters. The average Bonchev–Trinajstić information content (AvgIpc) is 3.21. The van der Waals surface area contributed by atoms with Gasteiger partial charge in [-0.15, -0.1) is 11.8 Å². The number of hydrogen-bond donors (Lipinski definition) is 2. The molecule has 0 bridgehead atoms. The summed E-state index contributed by atoms with van der Waals surface area (Å²) in [6.07, 6.45) is 0.852. The Morgan fingerprint density at radius 3 is 2.61 bits per heavy atom. The lowest BCUT2D eigenvalue weighted by atomic mass is 10.1. The number of para-hydroxylation sites is 2. The minimum Gasteiger partial charge on any atom is -0.355 e. The molecule has 0 radical (unpaired) electrons. The highest BCUT2D eigenvalue weighted by Gasteiger charge is 2.09. The number of aromatic amines is 1. The Hall–Kier alpha value is -2.70. The molecule has 4 nitrogen and oxygen atoms in total. The van der Waals surface area contributed by atoms with Gasteiger partial charge in [0, 0.05) is 17.2 Å². The molecule has 0 aliphatic heterocycles. The maximum Gasteiger partial charge on any atom is 0.230 e. The van der Waals surface area contributed by atoms with Crippen LogP contribution in [0.15, 0.2) is 82.8 Å². The number of imidazole rings is 1. The molecular weight excluding hydrogens is 422 g/mol. The monoisotopic (exact) mass is 447 g/mol. The number of nitrogens with zero attached hydrogens (tertiary/aromatic N) is 1. The number of nitrogens with one attached hydrogen (secondary N) is 2. The van der Waals surface area contributed by atoms with Crippen molar-refractivity contribution in [2.75, 3.05) is 12.3 Å². The van der Waals surface area contributed by atoms with Gasteiger partial charge in [-0.05, 0) is 48.2 Å². The second kappa shape index (κ2) is 10.6. The van der Waals surface area contributed by atoms with Crippen LogP contribution in [-0.2, 0) is 17.0 Å². The van der Waals surface area contributed by atoms with Crippen molar-refractivity contribution in [1.82, 2.24) is 15.3 Å². The normalized spacial score (nSPS) is 11.0. The number of rotatable bonds is 9. The summed E-state index contributed by atoms with van der Waals surface area (Å²) in [6.45, 7) is 2.79. The number of benzene rings is 3. The zero-order valence-electron chi connectivity index (χ0n) is 17.4. The summed E-state index contributed by atoms with van der Waals surface area (Å²) in [5.41, 5.74) is 5.78. The molecule has 4 rings (SSSR count). The predicted octanol–water partition coefficient (Wildman–Crippen LogP) is 5.61. The summed E-state index contributed by atoms with van der Waals surface area (Å²) >= 11 is 3.30. The van der Waals surface area contributed by atoms with E-state index in [1.165, 1.54) is 16.7 Å². The molecule has 0 unspecified atom stereocenters. The second-order valence-corrected chi connectivity index (χ2v) is 9.24. The van der Waals surface area contributed by atoms with Crippen LogP contribution < -0.4 is 5.32 Å². The third kappa shape index (κ3) is 5.93. The molecule has 6 heteroatoms. The molecule has 3 aromatic carbocycles. The molecule has 31 heavy (non-hydrogen) atoms. The van der Waals surface area contributed by atoms with Crippen molar-refractivity contribution in [3.05, 3.63) is 89.5 Å². The third-order valence-electron chi connectivity index (χ3n) is 5.07. The first-order valence-electron chi connectivity index (χ1n) is 10.3. The molecular formula is C25H25N3OS2. The van der Waals surface area contributed by atoms with Gasteiger partial charge in [-0.1, -0.05) is 66.4 Å². The summed E-state index contributed by atoms with van der Waals surface area (Å²) in [7, 11) is 0. The number of carbonyl (C=O) groups excluding carboxylic acids is 1. The Balaban J connectivity index is 1.28. The number of carbonyl (C=O) groups is 1. The summed E-state index contributed by atoms with van der Waals surface area (Å²) in [5.74, 6) is 1.33. The molecule has 0 fully saturated rings. The first-order chi connectivity index (χ1) is 15.2. The van der Waals surface area contributed by atoms with E-state index in [0.29, 0.717) is 12.3 Å². The topological polar surface area (TPSA) is 57.8 Å². The van der Waals surface area contributed by atoms with E-state index in [4.69, 9.17) is 0 Å². The molecule has 0 spiro atoms. The van der Waals surface area contributed by atoms with Crippen LogP contribution in [0.1, 0.15) is 16.7 Å². The quantitative estimate of drug-likeness (QED) is 0.327. The summed E-state index contributed by atoms with van der Waals surface area (Å²) in [4.78, 5) is 21.4. The largest absolute Gasteiger partial charge is 0.355 e. The summed E-state index contributed by atoms with van der Waals surface area (Å²) < 4.78 is 0. The summed E-state index contributed by atoms with van der Waals surface area (Å²) in [6, 6.07) is 24.6. The van der Waals surface area contributed by atoms with Gasteiger partial charge in [0.1, 0.15) is 0 Å². The van der Waals surface area contributed by atoms with Gasteiger partial charge in [-0.25, -0.2) is 4.98 Å². The molecule has 0 saturated heterocycles. The minimum atomic E-state index is 0.0717. The predicted molar refractivity (Wildman–Crippen MR) is 131 cm³/mol. The van der Waals surface area contributed by atoms with Crippen molar-refractivity contribution < 1.29 is 4.79 Å². The Kier molecular flexibility index (Phi) is 7.33. The minimum absolute atomic E-state index is 0.0717. The van der Waals surface area contributed by atoms with Crippen LogP contribution in [0.5, 0.6) is 0 Å². The van der Waals surface area contributed by atoms with Crippen molar-refractivity contribution in [2.45, 2.75) is 29.1 Å². The molecule has 0 aliphatic carbocycles. The number of amides is 1. The lowest BCUT2D eigenvalue weighted by Gasteiger charge is -2.11. The van der Waals surface area contributed by atoms with E-state index in [0.717, 1.165) is 33.3 Å². The Labute approximate surface area is 191 Å². The fraction of sp³-hybridized carbons (Fsp3) is 0.200. The highest BCUT2D eigenvalue weighted by atomic mass is 32.2. The standard InChI is InChI=1S/C25H25N3OS2/c1-18-20(16-31-25-27-21-11-5-6-12-22(21)28-25)10-7-13-23(18)30-17-24(29)26-15-14-19-8-3-2-4-9-19/h2-13H,14-17H2,1H3,(H,26,29)(H,27,28). The van der Waals surface area contributed by atoms with E-state index in [1.54, 1.807) is 23.5 Å². The Morgan fingerprint density at radius 1 is 0.968 bits per heavy atom. The van der Waals surface area contributed by atoms with Crippen LogP contribution >= 0.6 is 23.5 Å². The average molecular weight is 448 g/mol. The van der Waals surface area contributed by atoms with E-state index >= 15 is 0 Å². The van der Waals surface area contributed by atoms with Crippen molar-refractivity contribution >= 4 is 40.5 Å². The van der Waals surface area contributed by atoms with Gasteiger partial charge in [-0.3, -0.25) is 4.79 Å². The Bertz CT molecular complexity index is 1120. The number of H-pyrrole nitrogens is 1. The first kappa shape index (κ1) is 21.5. The summed E-state index contributed by atoms with van der Waals surface area (Å²) in [5, 5.41) is 3.95. The van der Waals surface area contributed by atoms with Gasteiger partial charge in [0.2, 0.25) is 5.91 Å². The maximum atomic E-state index is 12.3. The Morgan fingerprint density at radius 2 is 1.77 bits per heavy atom. The van der Waals surface area contributed by atoms with Crippen LogP contribution in [0.4, 0.5) is 0 Å². The van der Waals surface area contributed by atoms with Crippen LogP contribution in [0.2, 0.25) is 0 Å². The number of hydrogen-bond acceptors (Lipinski definition) is 4. The molecule has 1 amide bonds. The molecule has 158 valence electrons. The lowest BCUT2D eigenvalue weighted by molar-refractivity contribution is -0.118. The first-order valence-corrected chi connectivity index (χ1v) is 12.3. The maximum absolute atomic E-state index is 12.3. The zero-order valence-corrected chi connectivity index (χ0v) is 19.1. The molecule has 4 aromatic rings. The highest BCUT2D eigenvalue weighted by molar-refractivity contribution is 8.00. The van der Waals surface area contributed by atoms with E-state index in [-0.39, 0.29) is 5.91 Å². The number of aromatic nitrogens is 2. The third-order valence-corrected chi connectivity index (χ3v) is 7.15. The van der Waals surface area contributed by atoms with Crippen LogP contribution in [-0.4, -0.2) is 28.2 Å². The molecule has 1 heterocycles. The van der Waals surface area contributed by atoms with Crippen LogP contribution in [0.3, 0.4) is 0 Å². The van der Waals surface area contributed by atoms with E-state index in [2.05, 4.69) is 52.5 Å². The van der Waals surface area contributed by atoms with Gasteiger partial charge in [-0.2, -0.15) is 0 Å². The van der Waals surface area contributed by atoms with Gasteiger partial charge < -0.3 is 10.3 Å². The SMILES string of the molecule is Cc1c(CSc2nc3ccccc3[nH]2)cccc1SCC(=O)NCCc1ccccc1. The second-order valence-electron chi connectivity index (χ2n) is 7.26. The fourth-order valence-corrected chi connectivity index (χ4v) is 5.16. The van der Waals surface area contributed by atoms with Gasteiger partial charge in [0.15, 0.2) is 5.16 Å². The number of fused-ring (bicyclic) bond motifs is 1. The van der Waals surface area contributed by atoms with Crippen molar-refractivity contribution in [2.24, 2.45) is 0 Å². The molecule has 0 saturated carbocycles. The van der Waals surface area contributed by atoms with Crippen LogP contribution in [0.25, 0.3) is 11.0 Å². The van der Waals surface area contributed by atoms with E-state index < -0.39 is 0 Å². The molecule has 2 N–H and O–H groups in total. The number of thioether (sulfide) groups is 2. The van der Waals surface area contributed by atoms with Gasteiger partial charge >= 0.3 is 0 Å². The van der Waals surface area contributed by atoms with Gasteiger partial charge in [0.05, 0.1) is 16.8 Å². The smallest absolute Gasteiger partial charge is 0.230 e. The molecule has 0 aliphatic rings. The molecule has 1 aromatic heterocycles. The zero-order chi connectivity index (χ0) is 21.5. The van der Waals surface area contributed by atoms with E-state index in [9.17, 15) is 4.79 Å².